The van der Waals surface area contributed by atoms with E-state index in [0.717, 1.165) is 26.2 Å². The summed E-state index contributed by atoms with van der Waals surface area (Å²) in [6.45, 7) is 5.43. The fourth-order valence-corrected chi connectivity index (χ4v) is 2.53. The minimum absolute atomic E-state index is 0.0220. The minimum Gasteiger partial charge on any atom is -0.340 e. The van der Waals surface area contributed by atoms with Gasteiger partial charge in [-0.3, -0.25) is 14.5 Å². The smallest absolute Gasteiger partial charge is 0.225 e. The maximum Gasteiger partial charge on any atom is 0.225 e. The third-order valence-corrected chi connectivity index (χ3v) is 3.82. The van der Waals surface area contributed by atoms with Crippen molar-refractivity contribution in [3.8, 4) is 0 Å². The average molecular weight is 310 g/mol. The third-order valence-electron chi connectivity index (χ3n) is 3.58. The zero-order valence-electron chi connectivity index (χ0n) is 12.1. The number of benzene rings is 1. The number of hydrogen-bond donors (Lipinski definition) is 1. The van der Waals surface area contributed by atoms with Gasteiger partial charge in [0, 0.05) is 56.8 Å². The highest BCUT2D eigenvalue weighted by Crippen LogP contribution is 2.15. The van der Waals surface area contributed by atoms with Crippen molar-refractivity contribution in [2.24, 2.45) is 0 Å². The first-order valence-electron chi connectivity index (χ1n) is 7.08. The van der Waals surface area contributed by atoms with Crippen molar-refractivity contribution in [1.29, 1.82) is 0 Å². The highest BCUT2D eigenvalue weighted by atomic mass is 35.5. The zero-order chi connectivity index (χ0) is 15.2. The lowest BCUT2D eigenvalue weighted by Gasteiger charge is -2.34. The van der Waals surface area contributed by atoms with Crippen molar-refractivity contribution in [2.75, 3.05) is 38.0 Å². The molecule has 1 aromatic carbocycles. The quantitative estimate of drug-likeness (QED) is 0.923. The van der Waals surface area contributed by atoms with Gasteiger partial charge in [0.05, 0.1) is 0 Å². The number of anilines is 1. The molecule has 0 radical (unpaired) electrons. The summed E-state index contributed by atoms with van der Waals surface area (Å²) in [4.78, 5) is 27.2. The van der Waals surface area contributed by atoms with E-state index < -0.39 is 0 Å². The molecule has 1 fully saturated rings. The van der Waals surface area contributed by atoms with Crippen LogP contribution in [0.15, 0.2) is 24.3 Å². The van der Waals surface area contributed by atoms with Gasteiger partial charge in [0.1, 0.15) is 0 Å². The fraction of sp³-hybridized carbons (Fsp3) is 0.467. The van der Waals surface area contributed by atoms with Crippen LogP contribution in [0.3, 0.4) is 0 Å². The molecule has 1 saturated heterocycles. The van der Waals surface area contributed by atoms with E-state index in [1.807, 2.05) is 11.0 Å². The van der Waals surface area contributed by atoms with Crippen molar-refractivity contribution in [3.63, 3.8) is 0 Å². The van der Waals surface area contributed by atoms with Crippen molar-refractivity contribution in [2.45, 2.75) is 13.3 Å². The van der Waals surface area contributed by atoms with Gasteiger partial charge in [-0.25, -0.2) is 0 Å². The topological polar surface area (TPSA) is 52.7 Å². The molecule has 0 aromatic heterocycles. The molecule has 1 N–H and O–H groups in total. The Kier molecular flexibility index (Phi) is 5.59. The predicted octanol–water partition coefficient (Wildman–Crippen LogP) is 1.83. The Labute approximate surface area is 129 Å². The molecule has 0 aliphatic carbocycles. The fourth-order valence-electron chi connectivity index (χ4n) is 2.34. The summed E-state index contributed by atoms with van der Waals surface area (Å²) in [5.41, 5.74) is 0.717. The maximum atomic E-state index is 11.9. The van der Waals surface area contributed by atoms with Crippen molar-refractivity contribution < 1.29 is 9.59 Å². The van der Waals surface area contributed by atoms with Crippen molar-refractivity contribution in [3.05, 3.63) is 29.3 Å². The van der Waals surface area contributed by atoms with Crippen LogP contribution in [0, 0.1) is 0 Å². The van der Waals surface area contributed by atoms with Gasteiger partial charge in [0.2, 0.25) is 11.8 Å². The molecule has 21 heavy (non-hydrogen) atoms. The SMILES string of the molecule is CC(=O)N1CCN(CCC(=O)Nc2cccc(Cl)c2)CC1. The monoisotopic (exact) mass is 309 g/mol. The number of nitrogens with one attached hydrogen (secondary N) is 1. The molecule has 0 spiro atoms. The second-order valence-electron chi connectivity index (χ2n) is 5.16. The summed E-state index contributed by atoms with van der Waals surface area (Å²) in [6.07, 6.45) is 0.437. The Bertz CT molecular complexity index is 513. The zero-order valence-corrected chi connectivity index (χ0v) is 12.9. The predicted molar refractivity (Wildman–Crippen MR) is 83.4 cm³/mol. The standard InChI is InChI=1S/C15H20ClN3O2/c1-12(20)19-9-7-18(8-10-19)6-5-15(21)17-14-4-2-3-13(16)11-14/h2-4,11H,5-10H2,1H3,(H,17,21). The number of rotatable bonds is 4. The number of piperazine rings is 1. The molecule has 114 valence electrons. The summed E-state index contributed by atoms with van der Waals surface area (Å²) in [6, 6.07) is 7.12. The van der Waals surface area contributed by atoms with Crippen LogP contribution in [-0.4, -0.2) is 54.3 Å². The second-order valence-corrected chi connectivity index (χ2v) is 5.59. The lowest BCUT2D eigenvalue weighted by atomic mass is 10.2. The van der Waals surface area contributed by atoms with Gasteiger partial charge in [-0.1, -0.05) is 17.7 Å². The largest absolute Gasteiger partial charge is 0.340 e. The number of carbonyl (C=O) groups is 2. The molecule has 0 unspecified atom stereocenters. The van der Waals surface area contributed by atoms with E-state index >= 15 is 0 Å². The van der Waals surface area contributed by atoms with Crippen LogP contribution < -0.4 is 5.32 Å². The van der Waals surface area contributed by atoms with Crippen LogP contribution >= 0.6 is 11.6 Å². The summed E-state index contributed by atoms with van der Waals surface area (Å²) in [5.74, 6) is 0.0969. The van der Waals surface area contributed by atoms with Gasteiger partial charge in [-0.15, -0.1) is 0 Å². The highest BCUT2D eigenvalue weighted by molar-refractivity contribution is 6.30. The van der Waals surface area contributed by atoms with Crippen LogP contribution in [-0.2, 0) is 9.59 Å². The van der Waals surface area contributed by atoms with Crippen LogP contribution in [0.4, 0.5) is 5.69 Å². The van der Waals surface area contributed by atoms with Crippen molar-refractivity contribution in [1.82, 2.24) is 9.80 Å². The average Bonchev–Trinajstić information content (AvgIpc) is 2.45. The molecule has 1 aliphatic rings. The van der Waals surface area contributed by atoms with Gasteiger partial charge in [-0.2, -0.15) is 0 Å². The summed E-state index contributed by atoms with van der Waals surface area (Å²) >= 11 is 5.87. The number of carbonyl (C=O) groups excluding carboxylic acids is 2. The summed E-state index contributed by atoms with van der Waals surface area (Å²) in [7, 11) is 0. The van der Waals surface area contributed by atoms with Crippen LogP contribution in [0.1, 0.15) is 13.3 Å². The van der Waals surface area contributed by atoms with Crippen LogP contribution in [0.2, 0.25) is 5.02 Å². The van der Waals surface area contributed by atoms with Crippen molar-refractivity contribution >= 4 is 29.1 Å². The van der Waals surface area contributed by atoms with E-state index in [-0.39, 0.29) is 11.8 Å². The Balaban J connectivity index is 1.71. The molecular weight excluding hydrogens is 290 g/mol. The van der Waals surface area contributed by atoms with E-state index in [4.69, 9.17) is 11.6 Å². The molecule has 1 aromatic rings. The molecule has 5 nitrogen and oxygen atoms in total. The number of halogens is 1. The molecule has 6 heteroatoms. The Morgan fingerprint density at radius 2 is 1.95 bits per heavy atom. The van der Waals surface area contributed by atoms with E-state index in [1.54, 1.807) is 25.1 Å². The minimum atomic E-state index is -0.0220. The van der Waals surface area contributed by atoms with Crippen LogP contribution in [0.25, 0.3) is 0 Å². The third kappa shape index (κ3) is 5.02. The first kappa shape index (κ1) is 15.8. The number of amides is 2. The van der Waals surface area contributed by atoms with Crippen LogP contribution in [0.5, 0.6) is 0 Å². The molecular formula is C15H20ClN3O2. The number of hydrogen-bond acceptors (Lipinski definition) is 3. The molecule has 2 rings (SSSR count). The number of nitrogens with zero attached hydrogens (tertiary/aromatic N) is 2. The molecule has 0 bridgehead atoms. The van der Waals surface area contributed by atoms with E-state index in [2.05, 4.69) is 10.2 Å². The lowest BCUT2D eigenvalue weighted by Crippen LogP contribution is -2.48. The van der Waals surface area contributed by atoms with Gasteiger partial charge < -0.3 is 10.2 Å². The first-order valence-corrected chi connectivity index (χ1v) is 7.45. The highest BCUT2D eigenvalue weighted by Gasteiger charge is 2.18. The molecule has 2 amide bonds. The summed E-state index contributed by atoms with van der Waals surface area (Å²) in [5, 5.41) is 3.44. The summed E-state index contributed by atoms with van der Waals surface area (Å²) < 4.78 is 0. The van der Waals surface area contributed by atoms with Gasteiger partial charge in [0.25, 0.3) is 0 Å². The lowest BCUT2D eigenvalue weighted by molar-refractivity contribution is -0.130. The second kappa shape index (κ2) is 7.43. The van der Waals surface area contributed by atoms with Gasteiger partial charge in [-0.05, 0) is 18.2 Å². The molecule has 0 saturated carbocycles. The maximum absolute atomic E-state index is 11.9. The Morgan fingerprint density at radius 1 is 1.24 bits per heavy atom. The van der Waals surface area contributed by atoms with E-state index in [9.17, 15) is 9.59 Å². The molecule has 1 aliphatic heterocycles. The van der Waals surface area contributed by atoms with Gasteiger partial charge >= 0.3 is 0 Å². The molecule has 0 atom stereocenters. The normalized spacial score (nSPS) is 15.8. The Morgan fingerprint density at radius 3 is 2.57 bits per heavy atom. The first-order chi connectivity index (χ1) is 10.0. The van der Waals surface area contributed by atoms with Gasteiger partial charge in [0.15, 0.2) is 0 Å². The van der Waals surface area contributed by atoms with E-state index in [0.29, 0.717) is 23.7 Å². The Hall–Kier alpha value is -1.59. The van der Waals surface area contributed by atoms with E-state index in [1.165, 1.54) is 0 Å². The molecule has 1 heterocycles.